The minimum absolute atomic E-state index is 0.0449. The highest BCUT2D eigenvalue weighted by Crippen LogP contribution is 2.23. The van der Waals surface area contributed by atoms with Gasteiger partial charge in [-0.25, -0.2) is 0 Å². The first-order valence-electron chi connectivity index (χ1n) is 6.46. The summed E-state index contributed by atoms with van der Waals surface area (Å²) in [5, 5.41) is 0. The van der Waals surface area contributed by atoms with E-state index in [0.29, 0.717) is 0 Å². The van der Waals surface area contributed by atoms with Crippen LogP contribution in [0.1, 0.15) is 21.6 Å². The Morgan fingerprint density at radius 3 is 3.11 bits per heavy atom. The summed E-state index contributed by atoms with van der Waals surface area (Å²) in [5.41, 5.74) is 0.926. The molecule has 2 aromatic heterocycles. The number of thiophene rings is 1. The van der Waals surface area contributed by atoms with Gasteiger partial charge in [0, 0.05) is 41.8 Å². The molecule has 0 N–H and O–H groups in total. The molecule has 3 rings (SSSR count). The van der Waals surface area contributed by atoms with Crippen LogP contribution in [0.3, 0.4) is 0 Å². The molecule has 0 amide bonds. The quantitative estimate of drug-likeness (QED) is 0.862. The van der Waals surface area contributed by atoms with Crippen LogP contribution in [-0.2, 0) is 11.3 Å². The zero-order chi connectivity index (χ0) is 13.1. The molecule has 100 valence electrons. The van der Waals surface area contributed by atoms with Gasteiger partial charge in [0.1, 0.15) is 6.10 Å². The van der Waals surface area contributed by atoms with Crippen LogP contribution < -0.4 is 0 Å². The molecule has 0 spiro atoms. The van der Waals surface area contributed by atoms with Crippen molar-refractivity contribution in [1.29, 1.82) is 0 Å². The van der Waals surface area contributed by atoms with Crippen molar-refractivity contribution < 1.29 is 4.74 Å². The highest BCUT2D eigenvalue weighted by molar-refractivity contribution is 7.11. The van der Waals surface area contributed by atoms with Crippen LogP contribution in [0.2, 0.25) is 0 Å². The van der Waals surface area contributed by atoms with E-state index >= 15 is 0 Å². The predicted molar refractivity (Wildman–Crippen MR) is 75.1 cm³/mol. The average molecular weight is 275 g/mol. The molecule has 0 radical (unpaired) electrons. The van der Waals surface area contributed by atoms with Gasteiger partial charge in [-0.05, 0) is 19.1 Å². The van der Waals surface area contributed by atoms with Crippen LogP contribution in [0.15, 0.2) is 30.7 Å². The Morgan fingerprint density at radius 2 is 2.37 bits per heavy atom. The topological polar surface area (TPSA) is 38.2 Å². The molecule has 4 nitrogen and oxygen atoms in total. The second-order valence-corrected chi connectivity index (χ2v) is 6.11. The van der Waals surface area contributed by atoms with Gasteiger partial charge in [0.2, 0.25) is 0 Å². The summed E-state index contributed by atoms with van der Waals surface area (Å²) < 4.78 is 5.80. The number of nitrogens with zero attached hydrogens (tertiary/aromatic N) is 3. The maximum atomic E-state index is 5.80. The van der Waals surface area contributed by atoms with Crippen molar-refractivity contribution >= 4 is 11.3 Å². The van der Waals surface area contributed by atoms with Gasteiger partial charge < -0.3 is 4.74 Å². The fourth-order valence-electron chi connectivity index (χ4n) is 2.29. The molecule has 1 aliphatic heterocycles. The molecule has 19 heavy (non-hydrogen) atoms. The first-order valence-corrected chi connectivity index (χ1v) is 7.28. The van der Waals surface area contributed by atoms with Gasteiger partial charge in [0.15, 0.2) is 0 Å². The zero-order valence-electron chi connectivity index (χ0n) is 11.0. The van der Waals surface area contributed by atoms with Crippen LogP contribution in [-0.4, -0.2) is 34.6 Å². The van der Waals surface area contributed by atoms with E-state index in [1.165, 1.54) is 9.75 Å². The van der Waals surface area contributed by atoms with Crippen molar-refractivity contribution in [2.24, 2.45) is 0 Å². The standard InChI is InChI=1S/C14H17N3OS/c1-11-2-3-12(19-11)9-17-6-7-18-14(10-17)13-8-15-4-5-16-13/h2-5,8,14H,6-7,9-10H2,1H3/t14-/m0/s1. The molecule has 5 heteroatoms. The lowest BCUT2D eigenvalue weighted by atomic mass is 10.2. The lowest BCUT2D eigenvalue weighted by Gasteiger charge is -2.32. The number of aryl methyl sites for hydroxylation is 1. The highest BCUT2D eigenvalue weighted by Gasteiger charge is 2.23. The van der Waals surface area contributed by atoms with E-state index in [4.69, 9.17) is 4.74 Å². The van der Waals surface area contributed by atoms with Crippen molar-refractivity contribution in [1.82, 2.24) is 14.9 Å². The number of hydrogen-bond donors (Lipinski definition) is 0. The van der Waals surface area contributed by atoms with Crippen molar-refractivity contribution in [3.63, 3.8) is 0 Å². The largest absolute Gasteiger partial charge is 0.369 e. The van der Waals surface area contributed by atoms with E-state index in [1.54, 1.807) is 18.6 Å². The summed E-state index contributed by atoms with van der Waals surface area (Å²) in [7, 11) is 0. The van der Waals surface area contributed by atoms with Gasteiger partial charge in [-0.3, -0.25) is 14.9 Å². The molecule has 0 saturated carbocycles. The lowest BCUT2D eigenvalue weighted by molar-refractivity contribution is -0.0348. The summed E-state index contributed by atoms with van der Waals surface area (Å²) in [6, 6.07) is 4.40. The summed E-state index contributed by atoms with van der Waals surface area (Å²) >= 11 is 1.87. The zero-order valence-corrected chi connectivity index (χ0v) is 11.8. The van der Waals surface area contributed by atoms with Crippen LogP contribution >= 0.6 is 11.3 Å². The van der Waals surface area contributed by atoms with Gasteiger partial charge in [-0.2, -0.15) is 0 Å². The summed E-state index contributed by atoms with van der Waals surface area (Å²) in [4.78, 5) is 13.7. The van der Waals surface area contributed by atoms with Crippen LogP contribution in [0.4, 0.5) is 0 Å². The van der Waals surface area contributed by atoms with E-state index in [2.05, 4.69) is 33.9 Å². The maximum Gasteiger partial charge on any atom is 0.114 e. The number of ether oxygens (including phenoxy) is 1. The Kier molecular flexibility index (Phi) is 3.87. The first-order chi connectivity index (χ1) is 9.31. The summed E-state index contributed by atoms with van der Waals surface area (Å²) in [6.45, 7) is 5.77. The molecule has 1 atom stereocenters. The van der Waals surface area contributed by atoms with Crippen LogP contribution in [0, 0.1) is 6.92 Å². The average Bonchev–Trinajstić information content (AvgIpc) is 2.85. The maximum absolute atomic E-state index is 5.80. The molecule has 0 unspecified atom stereocenters. The van der Waals surface area contributed by atoms with Gasteiger partial charge in [0.05, 0.1) is 18.5 Å². The van der Waals surface area contributed by atoms with Gasteiger partial charge in [-0.1, -0.05) is 0 Å². The Hall–Kier alpha value is -1.30. The third-order valence-electron chi connectivity index (χ3n) is 3.24. The van der Waals surface area contributed by atoms with E-state index in [9.17, 15) is 0 Å². The second-order valence-electron chi connectivity index (χ2n) is 4.74. The van der Waals surface area contributed by atoms with Crippen molar-refractivity contribution in [2.75, 3.05) is 19.7 Å². The Bertz CT molecular complexity index is 528. The Labute approximate surface area is 117 Å². The Morgan fingerprint density at radius 1 is 1.42 bits per heavy atom. The number of morpholine rings is 1. The van der Waals surface area contributed by atoms with Crippen molar-refractivity contribution in [3.8, 4) is 0 Å². The Balaban J connectivity index is 1.65. The molecular formula is C14H17N3OS. The number of aromatic nitrogens is 2. The number of rotatable bonds is 3. The summed E-state index contributed by atoms with van der Waals surface area (Å²) in [5.74, 6) is 0. The van der Waals surface area contributed by atoms with Gasteiger partial charge in [0.25, 0.3) is 0 Å². The van der Waals surface area contributed by atoms with E-state index in [1.807, 2.05) is 11.3 Å². The fourth-order valence-corrected chi connectivity index (χ4v) is 3.23. The molecule has 3 heterocycles. The fraction of sp³-hybridized carbons (Fsp3) is 0.429. The van der Waals surface area contributed by atoms with E-state index < -0.39 is 0 Å². The summed E-state index contributed by atoms with van der Waals surface area (Å²) in [6.07, 6.45) is 5.26. The lowest BCUT2D eigenvalue weighted by Crippen LogP contribution is -2.37. The van der Waals surface area contributed by atoms with E-state index in [0.717, 1.165) is 31.9 Å². The molecule has 0 bridgehead atoms. The normalized spacial score (nSPS) is 20.6. The molecule has 1 fully saturated rings. The molecule has 2 aromatic rings. The molecule has 1 aliphatic rings. The molecule has 0 aliphatic carbocycles. The predicted octanol–water partition coefficient (Wildman–Crippen LogP) is 2.42. The van der Waals surface area contributed by atoms with E-state index in [-0.39, 0.29) is 6.10 Å². The van der Waals surface area contributed by atoms with Crippen LogP contribution in [0.25, 0.3) is 0 Å². The monoisotopic (exact) mass is 275 g/mol. The minimum Gasteiger partial charge on any atom is -0.369 e. The SMILES string of the molecule is Cc1ccc(CN2CCO[C@H](c3cnccn3)C2)s1. The second kappa shape index (κ2) is 5.77. The highest BCUT2D eigenvalue weighted by atomic mass is 32.1. The number of hydrogen-bond acceptors (Lipinski definition) is 5. The smallest absolute Gasteiger partial charge is 0.114 e. The van der Waals surface area contributed by atoms with Gasteiger partial charge in [-0.15, -0.1) is 11.3 Å². The third-order valence-corrected chi connectivity index (χ3v) is 4.22. The third kappa shape index (κ3) is 3.18. The van der Waals surface area contributed by atoms with Crippen molar-refractivity contribution in [3.05, 3.63) is 46.2 Å². The van der Waals surface area contributed by atoms with Crippen LogP contribution in [0.5, 0.6) is 0 Å². The van der Waals surface area contributed by atoms with Gasteiger partial charge >= 0.3 is 0 Å². The first kappa shape index (κ1) is 12.7. The molecular weight excluding hydrogens is 258 g/mol. The minimum atomic E-state index is 0.0449. The van der Waals surface area contributed by atoms with Crippen molar-refractivity contribution in [2.45, 2.75) is 19.6 Å². The molecule has 0 aromatic carbocycles. The molecule has 1 saturated heterocycles.